The minimum atomic E-state index is -0.648. The van der Waals surface area contributed by atoms with Gasteiger partial charge in [0.15, 0.2) is 10.5 Å². The molecule has 0 heterocycles. The molecule has 0 saturated heterocycles. The number of hydrogen-bond donors (Lipinski definition) is 1. The van der Waals surface area contributed by atoms with Crippen molar-refractivity contribution in [1.29, 1.82) is 5.41 Å². The minimum absolute atomic E-state index is 0.648. The first-order valence-corrected chi connectivity index (χ1v) is 2.80. The van der Waals surface area contributed by atoms with E-state index in [9.17, 15) is 0 Å². The van der Waals surface area contributed by atoms with Gasteiger partial charge in [-0.3, -0.25) is 5.41 Å². The molecule has 0 unspecified atom stereocenters. The highest BCUT2D eigenvalue weighted by atomic mass is 32.2. The Morgan fingerprint density at radius 3 is 1.86 bits per heavy atom. The summed E-state index contributed by atoms with van der Waals surface area (Å²) in [6.45, 7) is 0. The Morgan fingerprint density at radius 2 is 1.86 bits per heavy atom. The summed E-state index contributed by atoms with van der Waals surface area (Å²) >= 11 is 0. The Kier molecular flexibility index (Phi) is 2.92. The SMILES string of the molecule is C#C[S+](C#C)C=N. The molecule has 0 saturated carbocycles. The molecule has 0 atom stereocenters. The molecule has 0 aromatic rings. The van der Waals surface area contributed by atoms with Crippen LogP contribution in [0.5, 0.6) is 0 Å². The highest BCUT2D eigenvalue weighted by Gasteiger charge is 2.03. The lowest BCUT2D eigenvalue weighted by molar-refractivity contribution is 1.60. The molecule has 1 N–H and O–H groups in total. The maximum absolute atomic E-state index is 6.56. The number of nitrogens with one attached hydrogen (secondary N) is 1. The van der Waals surface area contributed by atoms with E-state index in [-0.39, 0.29) is 0 Å². The maximum atomic E-state index is 6.56. The van der Waals surface area contributed by atoms with Gasteiger partial charge in [-0.15, -0.1) is 0 Å². The molecule has 0 aromatic heterocycles. The number of hydrogen-bond acceptors (Lipinski definition) is 1. The van der Waals surface area contributed by atoms with Crippen molar-refractivity contribution in [3.05, 3.63) is 0 Å². The van der Waals surface area contributed by atoms with Crippen LogP contribution < -0.4 is 0 Å². The first-order chi connectivity index (χ1) is 3.35. The van der Waals surface area contributed by atoms with Gasteiger partial charge >= 0.3 is 0 Å². The van der Waals surface area contributed by atoms with E-state index >= 15 is 0 Å². The molecule has 2 heteroatoms. The summed E-state index contributed by atoms with van der Waals surface area (Å²) in [4.78, 5) is 0. The van der Waals surface area contributed by atoms with Crippen LogP contribution in [0.25, 0.3) is 0 Å². The number of terminal acetylenes is 2. The van der Waals surface area contributed by atoms with Crippen molar-refractivity contribution in [2.75, 3.05) is 0 Å². The Bertz CT molecular complexity index is 123. The van der Waals surface area contributed by atoms with Gasteiger partial charge in [-0.05, 0) is 0 Å². The molecule has 0 spiro atoms. The maximum Gasteiger partial charge on any atom is 0.233 e. The zero-order valence-electron chi connectivity index (χ0n) is 3.64. The van der Waals surface area contributed by atoms with Crippen molar-refractivity contribution < 1.29 is 0 Å². The van der Waals surface area contributed by atoms with Crippen LogP contribution in [0.4, 0.5) is 0 Å². The molecule has 0 rings (SSSR count). The smallest absolute Gasteiger partial charge is 0.233 e. The summed E-state index contributed by atoms with van der Waals surface area (Å²) in [6, 6.07) is 0. The third-order valence-electron chi connectivity index (χ3n) is 0.372. The molecule has 0 amide bonds. The van der Waals surface area contributed by atoms with Crippen molar-refractivity contribution >= 4 is 16.4 Å². The zero-order valence-corrected chi connectivity index (χ0v) is 4.46. The molecule has 0 fully saturated rings. The Hall–Kier alpha value is -0.860. The molecular weight excluding hydrogens is 106 g/mol. The van der Waals surface area contributed by atoms with Gasteiger partial charge in [-0.1, -0.05) is 12.8 Å². The van der Waals surface area contributed by atoms with Crippen LogP contribution in [0.1, 0.15) is 0 Å². The molecule has 0 aliphatic carbocycles. The molecule has 0 aliphatic rings. The second kappa shape index (κ2) is 3.33. The van der Waals surface area contributed by atoms with Crippen LogP contribution in [-0.2, 0) is 10.9 Å². The summed E-state index contributed by atoms with van der Waals surface area (Å²) in [6.07, 6.45) is 9.72. The lowest BCUT2D eigenvalue weighted by atomic mass is 11.4. The van der Waals surface area contributed by atoms with Crippen molar-refractivity contribution in [3.63, 3.8) is 0 Å². The monoisotopic (exact) mass is 110 g/mol. The van der Waals surface area contributed by atoms with Gasteiger partial charge in [-0.2, -0.15) is 0 Å². The lowest BCUT2D eigenvalue weighted by Crippen LogP contribution is -1.90. The van der Waals surface area contributed by atoms with E-state index in [2.05, 4.69) is 10.5 Å². The second-order valence-electron chi connectivity index (χ2n) is 0.691. The molecule has 34 valence electrons. The predicted octanol–water partition coefficient (Wildman–Crippen LogP) is 0.393. The molecule has 0 aromatic carbocycles. The van der Waals surface area contributed by atoms with Crippen molar-refractivity contribution in [1.82, 2.24) is 0 Å². The van der Waals surface area contributed by atoms with Crippen LogP contribution in [0.15, 0.2) is 0 Å². The van der Waals surface area contributed by atoms with Crippen LogP contribution >= 0.6 is 0 Å². The minimum Gasteiger partial charge on any atom is -0.261 e. The quantitative estimate of drug-likeness (QED) is 0.218. The van der Waals surface area contributed by atoms with E-state index in [4.69, 9.17) is 18.3 Å². The van der Waals surface area contributed by atoms with Crippen molar-refractivity contribution in [2.45, 2.75) is 0 Å². The van der Waals surface area contributed by atoms with E-state index in [1.807, 2.05) is 0 Å². The second-order valence-corrected chi connectivity index (χ2v) is 2.07. The molecule has 0 bridgehead atoms. The highest BCUT2D eigenvalue weighted by Crippen LogP contribution is 1.80. The van der Waals surface area contributed by atoms with Gasteiger partial charge in [0.1, 0.15) is 0 Å². The average molecular weight is 110 g/mol. The standard InChI is InChI=1S/C5H4NS/c1-3-7(4-2)5-6/h1-2,5-6H/q+1. The fourth-order valence-corrected chi connectivity index (χ4v) is 0.306. The van der Waals surface area contributed by atoms with Gasteiger partial charge in [0.05, 0.1) is 0 Å². The van der Waals surface area contributed by atoms with Gasteiger partial charge < -0.3 is 0 Å². The first kappa shape index (κ1) is 6.14. The normalized spacial score (nSPS) is 6.71. The molecule has 0 aliphatic heterocycles. The Balaban J connectivity index is 3.73. The summed E-state index contributed by atoms with van der Waals surface area (Å²) in [5, 5.41) is 11.1. The molecule has 0 radical (unpaired) electrons. The molecule has 1 nitrogen and oxygen atoms in total. The topological polar surface area (TPSA) is 23.9 Å². The van der Waals surface area contributed by atoms with Crippen molar-refractivity contribution in [3.8, 4) is 23.4 Å². The van der Waals surface area contributed by atoms with E-state index in [1.165, 1.54) is 0 Å². The molecular formula is C5H4NS+. The predicted molar refractivity (Wildman–Crippen MR) is 33.8 cm³/mol. The molecule has 7 heavy (non-hydrogen) atoms. The van der Waals surface area contributed by atoms with Gasteiger partial charge in [0, 0.05) is 0 Å². The number of rotatable bonds is 1. The summed E-state index contributed by atoms with van der Waals surface area (Å²) in [5.41, 5.74) is 1.08. The zero-order chi connectivity index (χ0) is 5.70. The van der Waals surface area contributed by atoms with Crippen molar-refractivity contribution in [2.24, 2.45) is 0 Å². The van der Waals surface area contributed by atoms with Crippen LogP contribution in [0, 0.1) is 28.8 Å². The lowest BCUT2D eigenvalue weighted by Gasteiger charge is -1.66. The van der Waals surface area contributed by atoms with Gasteiger partial charge in [-0.25, -0.2) is 0 Å². The Morgan fingerprint density at radius 1 is 1.43 bits per heavy atom. The summed E-state index contributed by atoms with van der Waals surface area (Å²) < 4.78 is 0. The van der Waals surface area contributed by atoms with Crippen LogP contribution in [0.2, 0.25) is 0 Å². The third-order valence-corrected chi connectivity index (χ3v) is 1.12. The Labute approximate surface area is 46.0 Å². The van der Waals surface area contributed by atoms with Crippen LogP contribution in [-0.4, -0.2) is 5.55 Å². The first-order valence-electron chi connectivity index (χ1n) is 1.51. The largest absolute Gasteiger partial charge is 0.261 e. The highest BCUT2D eigenvalue weighted by molar-refractivity contribution is 8.17. The average Bonchev–Trinajstić information content (AvgIpc) is 1.72. The summed E-state index contributed by atoms with van der Waals surface area (Å²) in [7, 11) is -0.648. The fourth-order valence-electron chi connectivity index (χ4n) is 0.102. The summed E-state index contributed by atoms with van der Waals surface area (Å²) in [5.74, 6) is 0. The van der Waals surface area contributed by atoms with Crippen LogP contribution in [0.3, 0.4) is 0 Å². The van der Waals surface area contributed by atoms with Gasteiger partial charge in [0.2, 0.25) is 16.4 Å². The van der Waals surface area contributed by atoms with E-state index in [0.29, 0.717) is 0 Å². The van der Waals surface area contributed by atoms with E-state index in [0.717, 1.165) is 5.55 Å². The van der Waals surface area contributed by atoms with E-state index < -0.39 is 10.9 Å². The fraction of sp³-hybridized carbons (Fsp3) is 0. The third kappa shape index (κ3) is 1.92. The van der Waals surface area contributed by atoms with Gasteiger partial charge in [0.25, 0.3) is 0 Å². The van der Waals surface area contributed by atoms with E-state index in [1.54, 1.807) is 0 Å².